The van der Waals surface area contributed by atoms with Gasteiger partial charge in [-0.25, -0.2) is 9.78 Å². The molecule has 0 saturated heterocycles. The molecule has 29 heavy (non-hydrogen) atoms. The van der Waals surface area contributed by atoms with E-state index in [2.05, 4.69) is 15.3 Å². The predicted octanol–water partition coefficient (Wildman–Crippen LogP) is 2.60. The van der Waals surface area contributed by atoms with E-state index in [0.717, 1.165) is 10.7 Å². The molecule has 0 aliphatic heterocycles. The number of carbonyl (C=O) groups is 2. The van der Waals surface area contributed by atoms with Gasteiger partial charge in [0.2, 0.25) is 5.76 Å². The van der Waals surface area contributed by atoms with Crippen LogP contribution in [0.15, 0.2) is 58.6 Å². The highest BCUT2D eigenvalue weighted by Gasteiger charge is 2.21. The third kappa shape index (κ3) is 5.95. The van der Waals surface area contributed by atoms with Crippen molar-refractivity contribution >= 4 is 23.6 Å². The number of nitrogens with one attached hydrogen (secondary N) is 1. The highest BCUT2D eigenvalue weighted by atomic mass is 32.2. The zero-order chi connectivity index (χ0) is 20.6. The summed E-state index contributed by atoms with van der Waals surface area (Å²) in [7, 11) is 1.91. The molecule has 0 fully saturated rings. The fraction of sp³-hybridized carbons (Fsp3) is 0.300. The minimum absolute atomic E-state index is 0.0666. The van der Waals surface area contributed by atoms with E-state index >= 15 is 0 Å². The molecule has 1 N–H and O–H groups in total. The molecule has 9 heteroatoms. The van der Waals surface area contributed by atoms with Gasteiger partial charge in [-0.05, 0) is 43.2 Å². The minimum atomic E-state index is -0.921. The quantitative estimate of drug-likeness (QED) is 0.424. The number of amides is 1. The smallest absolute Gasteiger partial charge is 0.375 e. The molecule has 0 spiro atoms. The van der Waals surface area contributed by atoms with Gasteiger partial charge in [0.1, 0.15) is 5.76 Å². The van der Waals surface area contributed by atoms with Gasteiger partial charge in [0.25, 0.3) is 5.91 Å². The van der Waals surface area contributed by atoms with Crippen LogP contribution >= 0.6 is 11.8 Å². The van der Waals surface area contributed by atoms with Gasteiger partial charge < -0.3 is 19.0 Å². The second-order valence-corrected chi connectivity index (χ2v) is 7.26. The van der Waals surface area contributed by atoms with Crippen molar-refractivity contribution in [3.05, 3.63) is 66.1 Å². The summed E-state index contributed by atoms with van der Waals surface area (Å²) in [5.41, 5.74) is 1.07. The lowest BCUT2D eigenvalue weighted by Crippen LogP contribution is -2.36. The Morgan fingerprint density at radius 3 is 2.76 bits per heavy atom. The molecule has 1 atom stereocenters. The van der Waals surface area contributed by atoms with Crippen LogP contribution < -0.4 is 5.32 Å². The number of carbonyl (C=O) groups excluding carboxylic acids is 2. The molecule has 1 amide bonds. The van der Waals surface area contributed by atoms with Crippen LogP contribution in [0.3, 0.4) is 0 Å². The number of pyridine rings is 1. The molecule has 0 aromatic carbocycles. The summed E-state index contributed by atoms with van der Waals surface area (Å²) in [6.45, 7) is 1.97. The maximum absolute atomic E-state index is 12.2. The molecular formula is C20H22N4O4S. The topological polar surface area (TPSA) is 99.2 Å². The van der Waals surface area contributed by atoms with Crippen molar-refractivity contribution in [1.29, 1.82) is 0 Å². The second-order valence-electron chi connectivity index (χ2n) is 6.32. The Kier molecular flexibility index (Phi) is 7.07. The van der Waals surface area contributed by atoms with E-state index in [-0.39, 0.29) is 11.7 Å². The van der Waals surface area contributed by atoms with E-state index in [1.165, 1.54) is 18.7 Å². The number of imidazole rings is 1. The van der Waals surface area contributed by atoms with Crippen molar-refractivity contribution in [1.82, 2.24) is 19.9 Å². The van der Waals surface area contributed by atoms with Crippen molar-refractivity contribution in [2.75, 3.05) is 6.54 Å². The van der Waals surface area contributed by atoms with Crippen LogP contribution in [-0.4, -0.2) is 39.1 Å². The number of nitrogens with zero attached hydrogens (tertiary/aromatic N) is 3. The van der Waals surface area contributed by atoms with Gasteiger partial charge in [-0.1, -0.05) is 11.8 Å². The molecule has 0 unspecified atom stereocenters. The molecule has 3 aromatic rings. The maximum Gasteiger partial charge on any atom is 0.375 e. The van der Waals surface area contributed by atoms with Crippen LogP contribution in [0.4, 0.5) is 0 Å². The summed E-state index contributed by atoms with van der Waals surface area (Å²) in [6, 6.07) is 7.03. The van der Waals surface area contributed by atoms with Gasteiger partial charge in [-0.15, -0.1) is 0 Å². The van der Waals surface area contributed by atoms with Crippen molar-refractivity contribution in [2.45, 2.75) is 30.4 Å². The zero-order valence-corrected chi connectivity index (χ0v) is 17.0. The van der Waals surface area contributed by atoms with Crippen molar-refractivity contribution in [3.8, 4) is 0 Å². The third-order valence-corrected chi connectivity index (χ3v) is 5.18. The zero-order valence-electron chi connectivity index (χ0n) is 16.2. The van der Waals surface area contributed by atoms with Crippen LogP contribution in [0, 0.1) is 0 Å². The number of aromatic nitrogens is 3. The molecule has 0 aliphatic rings. The Morgan fingerprint density at radius 2 is 2.03 bits per heavy atom. The van der Waals surface area contributed by atoms with Crippen LogP contribution in [0.25, 0.3) is 0 Å². The summed E-state index contributed by atoms with van der Waals surface area (Å²) in [5.74, 6) is 0.194. The minimum Gasteiger partial charge on any atom is -0.453 e. The van der Waals surface area contributed by atoms with Gasteiger partial charge in [0.05, 0.1) is 5.75 Å². The summed E-state index contributed by atoms with van der Waals surface area (Å²) < 4.78 is 12.6. The lowest BCUT2D eigenvalue weighted by Gasteiger charge is -2.12. The van der Waals surface area contributed by atoms with Gasteiger partial charge in [-0.3, -0.25) is 9.78 Å². The van der Waals surface area contributed by atoms with E-state index in [0.29, 0.717) is 24.5 Å². The molecule has 3 rings (SSSR count). The van der Waals surface area contributed by atoms with Gasteiger partial charge in [-0.2, -0.15) is 0 Å². The monoisotopic (exact) mass is 414 g/mol. The number of thioether (sulfide) groups is 1. The Balaban J connectivity index is 1.43. The first-order valence-electron chi connectivity index (χ1n) is 9.09. The van der Waals surface area contributed by atoms with Crippen molar-refractivity contribution < 1.29 is 18.7 Å². The third-order valence-electron chi connectivity index (χ3n) is 4.10. The number of hydrogen-bond acceptors (Lipinski definition) is 7. The summed E-state index contributed by atoms with van der Waals surface area (Å²) in [6.07, 6.45) is 6.73. The number of esters is 1. The summed E-state index contributed by atoms with van der Waals surface area (Å²) in [5, 5.41) is 3.60. The van der Waals surface area contributed by atoms with Crippen LogP contribution in [-0.2, 0) is 28.8 Å². The Labute approximate surface area is 172 Å². The van der Waals surface area contributed by atoms with Gasteiger partial charge in [0, 0.05) is 38.4 Å². The number of rotatable bonds is 9. The van der Waals surface area contributed by atoms with E-state index in [1.54, 1.807) is 30.7 Å². The SMILES string of the molecule is C[C@H](OC(=O)c1ccc(CSc2nccn2C)o1)C(=O)NCCc1ccncc1. The Bertz CT molecular complexity index is 954. The average Bonchev–Trinajstić information content (AvgIpc) is 3.36. The molecule has 0 saturated carbocycles. The molecule has 3 aromatic heterocycles. The molecule has 0 radical (unpaired) electrons. The van der Waals surface area contributed by atoms with Crippen LogP contribution in [0.5, 0.6) is 0 Å². The first-order valence-corrected chi connectivity index (χ1v) is 10.1. The van der Waals surface area contributed by atoms with Gasteiger partial charge in [0.15, 0.2) is 11.3 Å². The summed E-state index contributed by atoms with van der Waals surface area (Å²) in [4.78, 5) is 32.5. The molecular weight excluding hydrogens is 392 g/mol. The standard InChI is InChI=1S/C20H22N4O4S/c1-14(18(25)22-10-7-15-5-8-21-9-6-15)27-19(26)17-4-3-16(28-17)13-29-20-23-11-12-24(20)2/h3-6,8-9,11-12,14H,7,10,13H2,1-2H3,(H,22,25)/t14-/m0/s1. The highest BCUT2D eigenvalue weighted by molar-refractivity contribution is 7.98. The molecule has 3 heterocycles. The van der Waals surface area contributed by atoms with E-state index < -0.39 is 12.1 Å². The largest absolute Gasteiger partial charge is 0.453 e. The average molecular weight is 414 g/mol. The number of furan rings is 1. The fourth-order valence-corrected chi connectivity index (χ4v) is 3.31. The van der Waals surface area contributed by atoms with E-state index in [1.807, 2.05) is 29.9 Å². The fourth-order valence-electron chi connectivity index (χ4n) is 2.49. The van der Waals surface area contributed by atoms with E-state index in [4.69, 9.17) is 9.15 Å². The maximum atomic E-state index is 12.2. The first kappa shape index (κ1) is 20.7. The number of hydrogen-bond donors (Lipinski definition) is 1. The first-order chi connectivity index (χ1) is 14.0. The molecule has 0 aliphatic carbocycles. The van der Waals surface area contributed by atoms with Crippen molar-refractivity contribution in [2.24, 2.45) is 7.05 Å². The van der Waals surface area contributed by atoms with Crippen LogP contribution in [0.1, 0.15) is 28.8 Å². The lowest BCUT2D eigenvalue weighted by molar-refractivity contribution is -0.129. The number of ether oxygens (including phenoxy) is 1. The lowest BCUT2D eigenvalue weighted by atomic mass is 10.2. The van der Waals surface area contributed by atoms with Crippen LogP contribution in [0.2, 0.25) is 0 Å². The van der Waals surface area contributed by atoms with E-state index in [9.17, 15) is 9.59 Å². The molecule has 152 valence electrons. The molecule has 0 bridgehead atoms. The van der Waals surface area contributed by atoms with Crippen molar-refractivity contribution in [3.63, 3.8) is 0 Å². The Morgan fingerprint density at radius 1 is 1.24 bits per heavy atom. The normalized spacial score (nSPS) is 11.8. The van der Waals surface area contributed by atoms with Gasteiger partial charge >= 0.3 is 5.97 Å². The molecule has 8 nitrogen and oxygen atoms in total. The highest BCUT2D eigenvalue weighted by Crippen LogP contribution is 2.22. The Hall–Kier alpha value is -3.07. The second kappa shape index (κ2) is 9.92. The predicted molar refractivity (Wildman–Crippen MR) is 107 cm³/mol. The number of aryl methyl sites for hydroxylation is 1. The summed E-state index contributed by atoms with van der Waals surface area (Å²) >= 11 is 1.50.